The van der Waals surface area contributed by atoms with Crippen LogP contribution in [-0.4, -0.2) is 14.6 Å². The molecule has 0 fully saturated rings. The van der Waals surface area contributed by atoms with Gasteiger partial charge in [-0.1, -0.05) is 61.1 Å². The normalized spacial score (nSPS) is 16.8. The summed E-state index contributed by atoms with van der Waals surface area (Å²) in [5, 5.41) is 3.90. The summed E-state index contributed by atoms with van der Waals surface area (Å²) >= 11 is 0. The largest absolute Gasteiger partial charge is 0.276 e. The third-order valence-corrected chi connectivity index (χ3v) is 4.66. The van der Waals surface area contributed by atoms with Crippen molar-refractivity contribution < 1.29 is 8.42 Å². The highest BCUT2D eigenvalue weighted by atomic mass is 32.2. The minimum absolute atomic E-state index is 0.0908. The van der Waals surface area contributed by atoms with Crippen molar-refractivity contribution in [2.24, 2.45) is 16.9 Å². The molecule has 1 unspecified atom stereocenters. The Kier molecular flexibility index (Phi) is 5.33. The summed E-state index contributed by atoms with van der Waals surface area (Å²) in [5.41, 5.74) is 1.01. The second-order valence-corrected chi connectivity index (χ2v) is 6.94. The van der Waals surface area contributed by atoms with E-state index in [4.69, 9.17) is 0 Å². The zero-order chi connectivity index (χ0) is 16.0. The van der Waals surface area contributed by atoms with Gasteiger partial charge in [0.05, 0.1) is 4.90 Å². The molecule has 1 aromatic rings. The molecule has 0 aromatic heterocycles. The van der Waals surface area contributed by atoms with E-state index in [9.17, 15) is 8.42 Å². The van der Waals surface area contributed by atoms with Crippen LogP contribution in [0.4, 0.5) is 0 Å². The van der Waals surface area contributed by atoms with E-state index in [0.717, 1.165) is 5.56 Å². The molecule has 1 atom stereocenters. The maximum Gasteiger partial charge on any atom is 0.276 e. The first-order chi connectivity index (χ1) is 10.5. The Labute approximate surface area is 132 Å². The minimum atomic E-state index is -3.61. The number of nitrogens with one attached hydrogen (secondary N) is 1. The summed E-state index contributed by atoms with van der Waals surface area (Å²) in [6.45, 7) is 3.90. The molecular formula is C17H20N2O2S. The van der Waals surface area contributed by atoms with Crippen molar-refractivity contribution in [1.29, 1.82) is 0 Å². The van der Waals surface area contributed by atoms with Crippen LogP contribution in [0.2, 0.25) is 0 Å². The van der Waals surface area contributed by atoms with Crippen molar-refractivity contribution in [1.82, 2.24) is 4.83 Å². The summed E-state index contributed by atoms with van der Waals surface area (Å²) in [4.78, 5) is 2.47. The summed E-state index contributed by atoms with van der Waals surface area (Å²) in [6.07, 6.45) is 13.6. The molecular weight excluding hydrogens is 296 g/mol. The van der Waals surface area contributed by atoms with Gasteiger partial charge in [0.1, 0.15) is 0 Å². The van der Waals surface area contributed by atoms with Crippen LogP contribution in [0.25, 0.3) is 0 Å². The van der Waals surface area contributed by atoms with E-state index in [0.29, 0.717) is 0 Å². The van der Waals surface area contributed by atoms with Crippen LogP contribution in [0.3, 0.4) is 0 Å². The zero-order valence-electron chi connectivity index (χ0n) is 12.7. The van der Waals surface area contributed by atoms with Crippen molar-refractivity contribution in [3.05, 3.63) is 66.3 Å². The Morgan fingerprint density at radius 2 is 1.68 bits per heavy atom. The number of sulfonamides is 1. The Balaban J connectivity index is 2.00. The van der Waals surface area contributed by atoms with Gasteiger partial charge in [0.15, 0.2) is 0 Å². The van der Waals surface area contributed by atoms with Crippen LogP contribution in [0.15, 0.2) is 70.7 Å². The van der Waals surface area contributed by atoms with Crippen LogP contribution in [-0.2, 0) is 10.0 Å². The van der Waals surface area contributed by atoms with Gasteiger partial charge in [0.25, 0.3) is 10.0 Å². The number of hydrazone groups is 1. The van der Waals surface area contributed by atoms with Gasteiger partial charge in [-0.05, 0) is 19.1 Å². The Bertz CT molecular complexity index is 698. The van der Waals surface area contributed by atoms with Crippen LogP contribution in [0.1, 0.15) is 12.5 Å². The fourth-order valence-corrected chi connectivity index (χ4v) is 2.81. The molecule has 0 heterocycles. The van der Waals surface area contributed by atoms with Crippen LogP contribution in [0, 0.1) is 18.8 Å². The lowest BCUT2D eigenvalue weighted by Crippen LogP contribution is -2.19. The molecule has 0 amide bonds. The second-order valence-electron chi connectivity index (χ2n) is 5.28. The molecule has 0 radical (unpaired) electrons. The minimum Gasteiger partial charge on any atom is -0.200 e. The van der Waals surface area contributed by atoms with E-state index in [1.54, 1.807) is 30.5 Å². The molecule has 1 aromatic carbocycles. The first-order valence-corrected chi connectivity index (χ1v) is 8.61. The second kappa shape index (κ2) is 7.22. The van der Waals surface area contributed by atoms with Crippen molar-refractivity contribution in [3.8, 4) is 0 Å². The number of aryl methyl sites for hydroxylation is 1. The molecule has 0 spiro atoms. The van der Waals surface area contributed by atoms with Gasteiger partial charge in [0, 0.05) is 18.1 Å². The number of benzene rings is 1. The molecule has 22 heavy (non-hydrogen) atoms. The lowest BCUT2D eigenvalue weighted by Gasteiger charge is -2.12. The van der Waals surface area contributed by atoms with Gasteiger partial charge in [0.2, 0.25) is 0 Å². The molecule has 1 N–H and O–H groups in total. The molecule has 0 bridgehead atoms. The highest BCUT2D eigenvalue weighted by molar-refractivity contribution is 7.89. The van der Waals surface area contributed by atoms with E-state index in [1.165, 1.54) is 0 Å². The van der Waals surface area contributed by atoms with E-state index in [-0.39, 0.29) is 16.7 Å². The predicted octanol–water partition coefficient (Wildman–Crippen LogP) is 3.19. The summed E-state index contributed by atoms with van der Waals surface area (Å²) < 4.78 is 24.2. The monoisotopic (exact) mass is 316 g/mol. The van der Waals surface area contributed by atoms with Gasteiger partial charge in [-0.25, -0.2) is 4.83 Å². The molecule has 4 nitrogen and oxygen atoms in total. The van der Waals surface area contributed by atoms with Crippen molar-refractivity contribution in [2.75, 3.05) is 0 Å². The number of hydrogen-bond donors (Lipinski definition) is 1. The highest BCUT2D eigenvalue weighted by Crippen LogP contribution is 2.15. The van der Waals surface area contributed by atoms with Crippen LogP contribution < -0.4 is 4.83 Å². The maximum atomic E-state index is 12.1. The van der Waals surface area contributed by atoms with Crippen molar-refractivity contribution in [2.45, 2.75) is 18.7 Å². The molecule has 0 saturated heterocycles. The topological polar surface area (TPSA) is 58.5 Å². The lowest BCUT2D eigenvalue weighted by atomic mass is 9.95. The molecule has 5 heteroatoms. The number of nitrogens with zero attached hydrogens (tertiary/aromatic N) is 1. The first-order valence-electron chi connectivity index (χ1n) is 7.12. The van der Waals surface area contributed by atoms with E-state index >= 15 is 0 Å². The van der Waals surface area contributed by atoms with Crippen LogP contribution in [0.5, 0.6) is 0 Å². The maximum absolute atomic E-state index is 12.1. The third-order valence-electron chi connectivity index (χ3n) is 3.42. The SMILES string of the molecule is Cc1ccc(S(=O)(=O)N/N=C/C(C)C2C=CC=CC=C2)cc1. The highest BCUT2D eigenvalue weighted by Gasteiger charge is 2.13. The smallest absolute Gasteiger partial charge is 0.200 e. The average molecular weight is 316 g/mol. The fraction of sp³-hybridized carbons (Fsp3) is 0.235. The first kappa shape index (κ1) is 16.2. The number of hydrogen-bond acceptors (Lipinski definition) is 3. The van der Waals surface area contributed by atoms with E-state index in [1.807, 2.05) is 38.2 Å². The summed E-state index contributed by atoms with van der Waals surface area (Å²) in [5.74, 6) is 0.288. The zero-order valence-corrected chi connectivity index (χ0v) is 13.5. The Morgan fingerprint density at radius 3 is 2.27 bits per heavy atom. The molecule has 1 aliphatic carbocycles. The van der Waals surface area contributed by atoms with Gasteiger partial charge < -0.3 is 0 Å². The van der Waals surface area contributed by atoms with Gasteiger partial charge in [-0.2, -0.15) is 13.5 Å². The summed E-state index contributed by atoms with van der Waals surface area (Å²) in [6, 6.07) is 6.65. The predicted molar refractivity (Wildman–Crippen MR) is 90.1 cm³/mol. The third kappa shape index (κ3) is 4.43. The summed E-state index contributed by atoms with van der Waals surface area (Å²) in [7, 11) is -3.61. The average Bonchev–Trinajstić information content (AvgIpc) is 2.76. The van der Waals surface area contributed by atoms with Gasteiger partial charge in [-0.15, -0.1) is 0 Å². The quantitative estimate of drug-likeness (QED) is 0.670. The van der Waals surface area contributed by atoms with Crippen molar-refractivity contribution >= 4 is 16.2 Å². The fourth-order valence-electron chi connectivity index (χ4n) is 2.01. The Morgan fingerprint density at radius 1 is 1.09 bits per heavy atom. The molecule has 0 aliphatic heterocycles. The standard InChI is InChI=1S/C17H20N2O2S/c1-14-9-11-17(12-10-14)22(20,21)19-18-13-15(2)16-7-5-3-4-6-8-16/h3-13,15-16,19H,1-2H3/b18-13+. The lowest BCUT2D eigenvalue weighted by molar-refractivity contribution is 0.583. The number of rotatable bonds is 5. The van der Waals surface area contributed by atoms with E-state index < -0.39 is 10.0 Å². The van der Waals surface area contributed by atoms with E-state index in [2.05, 4.69) is 22.1 Å². The van der Waals surface area contributed by atoms with Crippen molar-refractivity contribution in [3.63, 3.8) is 0 Å². The van der Waals surface area contributed by atoms with Gasteiger partial charge >= 0.3 is 0 Å². The molecule has 0 saturated carbocycles. The number of allylic oxidation sites excluding steroid dienone is 6. The Hall–Kier alpha value is -2.14. The molecule has 1 aliphatic rings. The molecule has 2 rings (SSSR count). The van der Waals surface area contributed by atoms with Gasteiger partial charge in [-0.3, -0.25) is 0 Å². The molecule has 116 valence electrons. The van der Waals surface area contributed by atoms with Crippen LogP contribution >= 0.6 is 0 Å².